The van der Waals surface area contributed by atoms with Crippen molar-refractivity contribution >= 4 is 11.3 Å². The van der Waals surface area contributed by atoms with Gasteiger partial charge in [-0.05, 0) is 59.3 Å². The zero-order valence-corrected chi connectivity index (χ0v) is 10.5. The van der Waals surface area contributed by atoms with Gasteiger partial charge in [-0.2, -0.15) is 11.3 Å². The van der Waals surface area contributed by atoms with Gasteiger partial charge in [0.05, 0.1) is 0 Å². The molecule has 1 atom stereocenters. The highest BCUT2D eigenvalue weighted by molar-refractivity contribution is 7.07. The molecule has 90 valence electrons. The number of hydrogen-bond acceptors (Lipinski definition) is 4. The van der Waals surface area contributed by atoms with E-state index in [0.29, 0.717) is 6.04 Å². The van der Waals surface area contributed by atoms with Gasteiger partial charge in [0.2, 0.25) is 0 Å². The van der Waals surface area contributed by atoms with Crippen molar-refractivity contribution in [3.05, 3.63) is 52.5 Å². The normalized spacial score (nSPS) is 12.5. The monoisotopic (exact) mass is 247 g/mol. The SMILES string of the molecule is NNC(CCc1ccncc1)Cc1ccsc1. The van der Waals surface area contributed by atoms with Crippen molar-refractivity contribution in [1.82, 2.24) is 10.4 Å². The predicted molar refractivity (Wildman–Crippen MR) is 71.7 cm³/mol. The highest BCUT2D eigenvalue weighted by Crippen LogP contribution is 2.12. The average Bonchev–Trinajstić information content (AvgIpc) is 2.88. The molecule has 2 aromatic rings. The second-order valence-corrected chi connectivity index (χ2v) is 4.87. The molecule has 0 spiro atoms. The first-order valence-electron chi connectivity index (χ1n) is 5.74. The summed E-state index contributed by atoms with van der Waals surface area (Å²) in [5, 5.41) is 4.28. The number of aromatic nitrogens is 1. The van der Waals surface area contributed by atoms with Crippen LogP contribution < -0.4 is 11.3 Å². The third kappa shape index (κ3) is 3.93. The van der Waals surface area contributed by atoms with Crippen LogP contribution in [-0.2, 0) is 12.8 Å². The van der Waals surface area contributed by atoms with E-state index in [0.717, 1.165) is 19.3 Å². The highest BCUT2D eigenvalue weighted by atomic mass is 32.1. The van der Waals surface area contributed by atoms with E-state index in [4.69, 9.17) is 5.84 Å². The van der Waals surface area contributed by atoms with Crippen molar-refractivity contribution in [1.29, 1.82) is 0 Å². The number of hydrazine groups is 1. The van der Waals surface area contributed by atoms with Gasteiger partial charge in [-0.1, -0.05) is 0 Å². The van der Waals surface area contributed by atoms with Crippen LogP contribution in [0.3, 0.4) is 0 Å². The molecule has 17 heavy (non-hydrogen) atoms. The number of pyridine rings is 1. The van der Waals surface area contributed by atoms with E-state index in [9.17, 15) is 0 Å². The molecular weight excluding hydrogens is 230 g/mol. The quantitative estimate of drug-likeness (QED) is 0.607. The summed E-state index contributed by atoms with van der Waals surface area (Å²) in [4.78, 5) is 4.01. The maximum Gasteiger partial charge on any atom is 0.0270 e. The third-order valence-electron chi connectivity index (χ3n) is 2.83. The Kier molecular flexibility index (Phi) is 4.67. The zero-order chi connectivity index (χ0) is 11.9. The van der Waals surface area contributed by atoms with Gasteiger partial charge in [0.25, 0.3) is 0 Å². The van der Waals surface area contributed by atoms with E-state index in [2.05, 4.69) is 39.4 Å². The molecule has 0 aromatic carbocycles. The Bertz CT molecular complexity index is 413. The van der Waals surface area contributed by atoms with Crippen LogP contribution in [-0.4, -0.2) is 11.0 Å². The number of rotatable bonds is 6. The van der Waals surface area contributed by atoms with Crippen LogP contribution in [0.25, 0.3) is 0 Å². The van der Waals surface area contributed by atoms with Crippen molar-refractivity contribution in [2.24, 2.45) is 5.84 Å². The lowest BCUT2D eigenvalue weighted by Gasteiger charge is -2.14. The molecule has 0 radical (unpaired) electrons. The topological polar surface area (TPSA) is 50.9 Å². The molecule has 2 aromatic heterocycles. The van der Waals surface area contributed by atoms with Gasteiger partial charge in [0.1, 0.15) is 0 Å². The summed E-state index contributed by atoms with van der Waals surface area (Å²) in [5.41, 5.74) is 5.56. The van der Waals surface area contributed by atoms with Crippen LogP contribution in [0.2, 0.25) is 0 Å². The molecule has 3 N–H and O–H groups in total. The molecule has 0 amide bonds. The average molecular weight is 247 g/mol. The van der Waals surface area contributed by atoms with E-state index in [1.165, 1.54) is 11.1 Å². The van der Waals surface area contributed by atoms with Crippen molar-refractivity contribution in [3.63, 3.8) is 0 Å². The van der Waals surface area contributed by atoms with Gasteiger partial charge in [-0.15, -0.1) is 0 Å². The van der Waals surface area contributed by atoms with Crippen LogP contribution in [0.15, 0.2) is 41.4 Å². The lowest BCUT2D eigenvalue weighted by atomic mass is 10.0. The molecular formula is C13H17N3S. The van der Waals surface area contributed by atoms with Gasteiger partial charge in [-0.3, -0.25) is 16.3 Å². The van der Waals surface area contributed by atoms with Gasteiger partial charge in [0.15, 0.2) is 0 Å². The molecule has 0 saturated carbocycles. The third-order valence-corrected chi connectivity index (χ3v) is 3.56. The van der Waals surface area contributed by atoms with Crippen LogP contribution >= 0.6 is 11.3 Å². The number of nitrogens with two attached hydrogens (primary N) is 1. The number of nitrogens with one attached hydrogen (secondary N) is 1. The van der Waals surface area contributed by atoms with Crippen molar-refractivity contribution in [2.75, 3.05) is 0 Å². The summed E-state index contributed by atoms with van der Waals surface area (Å²) in [5.74, 6) is 5.59. The Hall–Kier alpha value is -1.23. The Morgan fingerprint density at radius 3 is 2.71 bits per heavy atom. The van der Waals surface area contributed by atoms with Crippen molar-refractivity contribution in [3.8, 4) is 0 Å². The number of aryl methyl sites for hydroxylation is 1. The van der Waals surface area contributed by atoms with Gasteiger partial charge >= 0.3 is 0 Å². The molecule has 0 bridgehead atoms. The van der Waals surface area contributed by atoms with E-state index >= 15 is 0 Å². The second kappa shape index (κ2) is 6.49. The lowest BCUT2D eigenvalue weighted by molar-refractivity contribution is 0.492. The Morgan fingerprint density at radius 1 is 1.24 bits per heavy atom. The van der Waals surface area contributed by atoms with E-state index in [1.807, 2.05) is 12.4 Å². The van der Waals surface area contributed by atoms with Crippen LogP contribution in [0.1, 0.15) is 17.5 Å². The molecule has 3 nitrogen and oxygen atoms in total. The van der Waals surface area contributed by atoms with E-state index in [1.54, 1.807) is 11.3 Å². The standard InChI is InChI=1S/C13H17N3S/c14-16-13(9-12-5-8-17-10-12)2-1-11-3-6-15-7-4-11/h3-8,10,13,16H,1-2,9,14H2. The lowest BCUT2D eigenvalue weighted by Crippen LogP contribution is -2.37. The molecule has 0 aliphatic carbocycles. The summed E-state index contributed by atoms with van der Waals surface area (Å²) in [7, 11) is 0. The number of nitrogens with zero attached hydrogens (tertiary/aromatic N) is 1. The second-order valence-electron chi connectivity index (χ2n) is 4.09. The van der Waals surface area contributed by atoms with Crippen molar-refractivity contribution < 1.29 is 0 Å². The van der Waals surface area contributed by atoms with E-state index in [-0.39, 0.29) is 0 Å². The summed E-state index contributed by atoms with van der Waals surface area (Å²) >= 11 is 1.73. The minimum absolute atomic E-state index is 0.331. The molecule has 0 aliphatic rings. The molecule has 1 unspecified atom stereocenters. The fourth-order valence-corrected chi connectivity index (χ4v) is 2.51. The molecule has 0 saturated heterocycles. The molecule has 0 fully saturated rings. The smallest absolute Gasteiger partial charge is 0.0270 e. The molecule has 4 heteroatoms. The number of thiophene rings is 1. The predicted octanol–water partition coefficient (Wildman–Crippen LogP) is 2.15. The summed E-state index contributed by atoms with van der Waals surface area (Å²) in [6.45, 7) is 0. The first-order chi connectivity index (χ1) is 8.38. The first kappa shape index (κ1) is 12.2. The van der Waals surface area contributed by atoms with Crippen LogP contribution in [0, 0.1) is 0 Å². The fourth-order valence-electron chi connectivity index (χ4n) is 1.83. The summed E-state index contributed by atoms with van der Waals surface area (Å²) in [6.07, 6.45) is 6.72. The highest BCUT2D eigenvalue weighted by Gasteiger charge is 2.08. The van der Waals surface area contributed by atoms with Gasteiger partial charge in [-0.25, -0.2) is 0 Å². The summed E-state index contributed by atoms with van der Waals surface area (Å²) in [6, 6.07) is 6.59. The van der Waals surface area contributed by atoms with Crippen molar-refractivity contribution in [2.45, 2.75) is 25.3 Å². The first-order valence-corrected chi connectivity index (χ1v) is 6.69. The minimum Gasteiger partial charge on any atom is -0.271 e. The maximum absolute atomic E-state index is 5.59. The van der Waals surface area contributed by atoms with Gasteiger partial charge in [0, 0.05) is 18.4 Å². The number of hydrogen-bond donors (Lipinski definition) is 2. The largest absolute Gasteiger partial charge is 0.271 e. The zero-order valence-electron chi connectivity index (χ0n) is 9.67. The molecule has 2 heterocycles. The van der Waals surface area contributed by atoms with Crippen LogP contribution in [0.5, 0.6) is 0 Å². The maximum atomic E-state index is 5.59. The Morgan fingerprint density at radius 2 is 2.06 bits per heavy atom. The minimum atomic E-state index is 0.331. The summed E-state index contributed by atoms with van der Waals surface area (Å²) < 4.78 is 0. The fraction of sp³-hybridized carbons (Fsp3) is 0.308. The molecule has 0 aliphatic heterocycles. The Balaban J connectivity index is 1.84. The molecule has 2 rings (SSSR count). The van der Waals surface area contributed by atoms with Crippen LogP contribution in [0.4, 0.5) is 0 Å². The van der Waals surface area contributed by atoms with Gasteiger partial charge < -0.3 is 0 Å². The Labute approximate surface area is 106 Å². The van der Waals surface area contributed by atoms with E-state index < -0.39 is 0 Å².